The maximum atomic E-state index is 12.0. The Hall–Kier alpha value is -0.790. The lowest BCUT2D eigenvalue weighted by molar-refractivity contribution is -0.144. The number of esters is 1. The first kappa shape index (κ1) is 16.3. The van der Waals surface area contributed by atoms with Gasteiger partial charge in [-0.3, -0.25) is 4.79 Å². The molecule has 0 radical (unpaired) electrons. The Labute approximate surface area is 118 Å². The lowest BCUT2D eigenvalue weighted by Gasteiger charge is -2.36. The molecule has 0 N–H and O–H groups in total. The van der Waals surface area contributed by atoms with Gasteiger partial charge in [-0.15, -0.1) is 0 Å². The molecule has 0 heterocycles. The van der Waals surface area contributed by atoms with Gasteiger partial charge in [0.2, 0.25) is 0 Å². The van der Waals surface area contributed by atoms with E-state index in [1.165, 1.54) is 0 Å². The number of hydrogen-bond donors (Lipinski definition) is 0. The Morgan fingerprint density at radius 2 is 1.53 bits per heavy atom. The summed E-state index contributed by atoms with van der Waals surface area (Å²) in [6.07, 6.45) is 7.75. The monoisotopic (exact) mass is 266 g/mol. The molecular weight excluding hydrogens is 236 g/mol. The van der Waals surface area contributed by atoms with Crippen molar-refractivity contribution in [3.05, 3.63) is 12.3 Å². The van der Waals surface area contributed by atoms with Crippen LogP contribution in [0.3, 0.4) is 0 Å². The summed E-state index contributed by atoms with van der Waals surface area (Å²) in [4.78, 5) is 12.0. The fourth-order valence-electron chi connectivity index (χ4n) is 2.60. The molecule has 1 saturated carbocycles. The number of hydrogen-bond acceptors (Lipinski definition) is 2. The van der Waals surface area contributed by atoms with Gasteiger partial charge in [0.15, 0.2) is 0 Å². The van der Waals surface area contributed by atoms with Gasteiger partial charge in [-0.25, -0.2) is 0 Å². The number of carbonyl (C=O) groups is 1. The van der Waals surface area contributed by atoms with Crippen LogP contribution < -0.4 is 0 Å². The molecule has 0 amide bonds. The summed E-state index contributed by atoms with van der Waals surface area (Å²) < 4.78 is 5.26. The van der Waals surface area contributed by atoms with Gasteiger partial charge in [-0.2, -0.15) is 0 Å². The lowest BCUT2D eigenvalue weighted by atomic mass is 9.70. The fourth-order valence-corrected chi connectivity index (χ4v) is 2.60. The average molecular weight is 266 g/mol. The molecule has 0 saturated heterocycles. The minimum absolute atomic E-state index is 0.0483. The molecule has 0 atom stereocenters. The van der Waals surface area contributed by atoms with Crippen LogP contribution in [0.15, 0.2) is 12.3 Å². The molecule has 1 fully saturated rings. The highest BCUT2D eigenvalue weighted by Crippen LogP contribution is 2.40. The molecular formula is C17H30O2. The standard InChI is InChI=1S/C17H30O2/c1-16(2,3)11-12-19-15(18)13-7-9-14(10-8-13)17(4,5)6/h11-14H,7-10H2,1-6H3. The van der Waals surface area contributed by atoms with Gasteiger partial charge in [-0.1, -0.05) is 41.5 Å². The normalized spacial score (nSPS) is 25.6. The van der Waals surface area contributed by atoms with Gasteiger partial charge in [0.05, 0.1) is 12.2 Å². The van der Waals surface area contributed by atoms with E-state index in [-0.39, 0.29) is 17.3 Å². The first-order valence-electron chi connectivity index (χ1n) is 7.48. The molecule has 0 spiro atoms. The van der Waals surface area contributed by atoms with Crippen molar-refractivity contribution in [3.63, 3.8) is 0 Å². The van der Waals surface area contributed by atoms with Crippen molar-refractivity contribution in [1.82, 2.24) is 0 Å². The summed E-state index contributed by atoms with van der Waals surface area (Å²) in [7, 11) is 0. The highest BCUT2D eigenvalue weighted by Gasteiger charge is 2.32. The quantitative estimate of drug-likeness (QED) is 0.522. The minimum atomic E-state index is -0.0483. The summed E-state index contributed by atoms with van der Waals surface area (Å²) in [5, 5.41) is 0. The zero-order valence-corrected chi connectivity index (χ0v) is 13.5. The second kappa shape index (κ2) is 6.11. The van der Waals surface area contributed by atoms with Gasteiger partial charge in [0.1, 0.15) is 0 Å². The van der Waals surface area contributed by atoms with E-state index < -0.39 is 0 Å². The third kappa shape index (κ3) is 5.80. The van der Waals surface area contributed by atoms with Crippen LogP contribution in [0.5, 0.6) is 0 Å². The lowest BCUT2D eigenvalue weighted by Crippen LogP contribution is -2.29. The zero-order chi connectivity index (χ0) is 14.7. The third-order valence-electron chi connectivity index (χ3n) is 4.04. The summed E-state index contributed by atoms with van der Waals surface area (Å²) in [5.74, 6) is 0.790. The minimum Gasteiger partial charge on any atom is -0.435 e. The second-order valence-electron chi connectivity index (χ2n) is 8.02. The highest BCUT2D eigenvalue weighted by molar-refractivity contribution is 5.73. The van der Waals surface area contributed by atoms with Crippen molar-refractivity contribution in [2.75, 3.05) is 0 Å². The predicted molar refractivity (Wildman–Crippen MR) is 79.6 cm³/mol. The van der Waals surface area contributed by atoms with E-state index in [4.69, 9.17) is 4.74 Å². The van der Waals surface area contributed by atoms with Crippen LogP contribution in [0.4, 0.5) is 0 Å². The molecule has 1 aliphatic carbocycles. The van der Waals surface area contributed by atoms with Crippen LogP contribution >= 0.6 is 0 Å². The summed E-state index contributed by atoms with van der Waals surface area (Å²) in [6, 6.07) is 0. The van der Waals surface area contributed by atoms with Crippen molar-refractivity contribution < 1.29 is 9.53 Å². The fraction of sp³-hybridized carbons (Fsp3) is 0.824. The Bertz CT molecular complexity index is 320. The van der Waals surface area contributed by atoms with Crippen LogP contribution in [-0.2, 0) is 9.53 Å². The van der Waals surface area contributed by atoms with Gasteiger partial charge in [0, 0.05) is 0 Å². The smallest absolute Gasteiger partial charge is 0.313 e. The van der Waals surface area contributed by atoms with Crippen molar-refractivity contribution in [3.8, 4) is 0 Å². The highest BCUT2D eigenvalue weighted by atomic mass is 16.5. The Morgan fingerprint density at radius 3 is 1.95 bits per heavy atom. The third-order valence-corrected chi connectivity index (χ3v) is 4.04. The summed E-state index contributed by atoms with van der Waals surface area (Å²) in [6.45, 7) is 13.1. The zero-order valence-electron chi connectivity index (χ0n) is 13.5. The molecule has 19 heavy (non-hydrogen) atoms. The summed E-state index contributed by atoms with van der Waals surface area (Å²) in [5.41, 5.74) is 0.422. The van der Waals surface area contributed by atoms with Gasteiger partial charge in [0.25, 0.3) is 0 Å². The Kier molecular flexibility index (Phi) is 5.23. The van der Waals surface area contributed by atoms with E-state index in [0.29, 0.717) is 5.41 Å². The molecule has 0 bridgehead atoms. The molecule has 2 nitrogen and oxygen atoms in total. The first-order chi connectivity index (χ1) is 8.59. The molecule has 1 rings (SSSR count). The van der Waals surface area contributed by atoms with Crippen molar-refractivity contribution in [2.45, 2.75) is 67.2 Å². The molecule has 0 aliphatic heterocycles. The molecule has 0 aromatic heterocycles. The SMILES string of the molecule is CC(C)(C)C=COC(=O)C1CCC(C(C)(C)C)CC1. The van der Waals surface area contributed by atoms with Crippen LogP contribution in [0.1, 0.15) is 67.2 Å². The molecule has 2 heteroatoms. The van der Waals surface area contributed by atoms with E-state index in [2.05, 4.69) is 41.5 Å². The van der Waals surface area contributed by atoms with Gasteiger partial charge < -0.3 is 4.74 Å². The van der Waals surface area contributed by atoms with Crippen molar-refractivity contribution in [2.24, 2.45) is 22.7 Å². The maximum absolute atomic E-state index is 12.0. The van der Waals surface area contributed by atoms with E-state index in [1.54, 1.807) is 6.26 Å². The number of ether oxygens (including phenoxy) is 1. The number of allylic oxidation sites excluding steroid dienone is 1. The topological polar surface area (TPSA) is 26.3 Å². The van der Waals surface area contributed by atoms with E-state index >= 15 is 0 Å². The number of carbonyl (C=O) groups excluding carboxylic acids is 1. The van der Waals surface area contributed by atoms with Gasteiger partial charge >= 0.3 is 5.97 Å². The molecule has 0 aromatic rings. The van der Waals surface area contributed by atoms with Gasteiger partial charge in [-0.05, 0) is 48.5 Å². The van der Waals surface area contributed by atoms with E-state index in [1.807, 2.05) is 6.08 Å². The predicted octanol–water partition coefficient (Wildman–Crippen LogP) is 4.94. The molecule has 1 aliphatic rings. The molecule has 110 valence electrons. The first-order valence-corrected chi connectivity index (χ1v) is 7.48. The van der Waals surface area contributed by atoms with Crippen molar-refractivity contribution >= 4 is 5.97 Å². The van der Waals surface area contributed by atoms with Crippen LogP contribution in [-0.4, -0.2) is 5.97 Å². The largest absolute Gasteiger partial charge is 0.435 e. The van der Waals surface area contributed by atoms with Crippen LogP contribution in [0.2, 0.25) is 0 Å². The maximum Gasteiger partial charge on any atom is 0.313 e. The van der Waals surface area contributed by atoms with E-state index in [9.17, 15) is 4.79 Å². The van der Waals surface area contributed by atoms with E-state index in [0.717, 1.165) is 31.6 Å². The Morgan fingerprint density at radius 1 is 1.00 bits per heavy atom. The number of rotatable bonds is 2. The second-order valence-corrected chi connectivity index (χ2v) is 8.02. The average Bonchev–Trinajstić information content (AvgIpc) is 2.26. The summed E-state index contributed by atoms with van der Waals surface area (Å²) >= 11 is 0. The van der Waals surface area contributed by atoms with Crippen molar-refractivity contribution in [1.29, 1.82) is 0 Å². The Balaban J connectivity index is 2.39. The van der Waals surface area contributed by atoms with Crippen LogP contribution in [0.25, 0.3) is 0 Å². The van der Waals surface area contributed by atoms with Crippen LogP contribution in [0, 0.1) is 22.7 Å². The molecule has 0 unspecified atom stereocenters. The molecule has 0 aromatic carbocycles.